The van der Waals surface area contributed by atoms with Crippen LogP contribution in [-0.4, -0.2) is 17.7 Å². The van der Waals surface area contributed by atoms with Gasteiger partial charge >= 0.3 is 0 Å². The van der Waals surface area contributed by atoms with E-state index in [-0.39, 0.29) is 6.61 Å². The van der Waals surface area contributed by atoms with E-state index in [1.165, 1.54) is 11.3 Å². The van der Waals surface area contributed by atoms with Crippen molar-refractivity contribution in [3.63, 3.8) is 0 Å². The largest absolute Gasteiger partial charge is 0.365 e. The molecule has 0 unspecified atom stereocenters. The third kappa shape index (κ3) is 3.98. The number of thiophene rings is 1. The quantitative estimate of drug-likeness (QED) is 0.379. The molecule has 0 atom stereocenters. The lowest BCUT2D eigenvalue weighted by Gasteiger charge is -2.09. The molecule has 3 aromatic rings. The van der Waals surface area contributed by atoms with Gasteiger partial charge in [-0.1, -0.05) is 11.2 Å². The van der Waals surface area contributed by atoms with Crippen LogP contribution in [0.5, 0.6) is 0 Å². The molecule has 0 spiro atoms. The van der Waals surface area contributed by atoms with Crippen LogP contribution in [-0.2, 0) is 16.1 Å². The van der Waals surface area contributed by atoms with E-state index < -0.39 is 47.3 Å². The molecule has 0 radical (unpaired) electrons. The zero-order valence-electron chi connectivity index (χ0n) is 13.2. The summed E-state index contributed by atoms with van der Waals surface area (Å²) in [5.41, 5.74) is -1.09. The molecule has 3 rings (SSSR count). The number of hydrogen-bond donors (Lipinski definition) is 1. The van der Waals surface area contributed by atoms with Crippen molar-refractivity contribution in [1.82, 2.24) is 5.16 Å². The summed E-state index contributed by atoms with van der Waals surface area (Å²) in [4.78, 5) is 12.5. The number of carbonyl (C=O) groups is 1. The number of anilines is 1. The molecule has 0 aliphatic carbocycles. The number of nitrogens with one attached hydrogen (secondary N) is 1. The molecule has 0 aliphatic rings. The highest BCUT2D eigenvalue weighted by molar-refractivity contribution is 7.13. The van der Waals surface area contributed by atoms with E-state index in [1.54, 1.807) is 11.4 Å². The maximum atomic E-state index is 13.5. The van der Waals surface area contributed by atoms with Gasteiger partial charge in [0.25, 0.3) is 5.91 Å². The number of ether oxygens (including phenoxy) is 1. The first kappa shape index (κ1) is 19.0. The fraction of sp³-hybridized carbons (Fsp3) is 0.125. The van der Waals surface area contributed by atoms with E-state index >= 15 is 0 Å². The van der Waals surface area contributed by atoms with Crippen LogP contribution in [0.3, 0.4) is 0 Å². The van der Waals surface area contributed by atoms with E-state index in [0.29, 0.717) is 11.5 Å². The predicted molar refractivity (Wildman–Crippen MR) is 84.3 cm³/mol. The SMILES string of the molecule is O=C(COCc1cc(-c2cccs2)on1)Nc1c(F)c(F)c(F)c(F)c1F. The Balaban J connectivity index is 1.58. The van der Waals surface area contributed by atoms with Gasteiger partial charge in [-0.25, -0.2) is 22.0 Å². The lowest BCUT2D eigenvalue weighted by Crippen LogP contribution is -2.21. The van der Waals surface area contributed by atoms with Crippen molar-refractivity contribution in [2.24, 2.45) is 0 Å². The summed E-state index contributed by atoms with van der Waals surface area (Å²) < 4.78 is 76.2. The number of carbonyl (C=O) groups excluding carboxylic acids is 1. The number of rotatable bonds is 6. The Morgan fingerprint density at radius 3 is 2.41 bits per heavy atom. The van der Waals surface area contributed by atoms with Gasteiger partial charge in [-0.15, -0.1) is 11.3 Å². The molecular formula is C16H9F5N2O3S. The summed E-state index contributed by atoms with van der Waals surface area (Å²) in [5, 5.41) is 7.17. The maximum absolute atomic E-state index is 13.5. The first-order chi connectivity index (χ1) is 12.9. The Hall–Kier alpha value is -2.79. The van der Waals surface area contributed by atoms with Gasteiger partial charge in [0.05, 0.1) is 11.5 Å². The number of nitrogens with zero attached hydrogens (tertiary/aromatic N) is 1. The van der Waals surface area contributed by atoms with E-state index in [0.717, 1.165) is 4.88 Å². The first-order valence-corrected chi connectivity index (χ1v) is 8.15. The Bertz CT molecular complexity index is 946. The molecule has 0 aliphatic heterocycles. The van der Waals surface area contributed by atoms with E-state index in [2.05, 4.69) is 5.16 Å². The molecule has 1 amide bonds. The second-order valence-electron chi connectivity index (χ2n) is 5.15. The minimum Gasteiger partial charge on any atom is -0.365 e. The van der Waals surface area contributed by atoms with E-state index in [4.69, 9.17) is 9.26 Å². The fourth-order valence-corrected chi connectivity index (χ4v) is 2.73. The number of benzene rings is 1. The van der Waals surface area contributed by atoms with E-state index in [1.807, 2.05) is 17.5 Å². The van der Waals surface area contributed by atoms with Gasteiger partial charge in [-0.05, 0) is 11.4 Å². The second-order valence-corrected chi connectivity index (χ2v) is 6.09. The van der Waals surface area contributed by atoms with Crippen molar-refractivity contribution in [3.8, 4) is 10.6 Å². The van der Waals surface area contributed by atoms with Crippen molar-refractivity contribution in [2.75, 3.05) is 11.9 Å². The van der Waals surface area contributed by atoms with Crippen LogP contribution in [0, 0.1) is 29.1 Å². The summed E-state index contributed by atoms with van der Waals surface area (Å²) in [6, 6.07) is 5.21. The molecule has 0 fully saturated rings. The molecular weight excluding hydrogens is 395 g/mol. The van der Waals surface area contributed by atoms with Crippen LogP contribution in [0.25, 0.3) is 10.6 Å². The van der Waals surface area contributed by atoms with Crippen LogP contribution in [0.2, 0.25) is 0 Å². The standard InChI is InChI=1S/C16H9F5N2O3S/c17-11-12(18)14(20)16(15(21)13(11)19)22-10(24)6-25-5-7-4-8(26-23-7)9-2-1-3-27-9/h1-4H,5-6H2,(H,22,24). The summed E-state index contributed by atoms with van der Waals surface area (Å²) in [6.07, 6.45) is 0. The highest BCUT2D eigenvalue weighted by atomic mass is 32.1. The predicted octanol–water partition coefficient (Wildman–Crippen LogP) is 4.25. The lowest BCUT2D eigenvalue weighted by atomic mass is 10.2. The van der Waals surface area contributed by atoms with Crippen molar-refractivity contribution in [2.45, 2.75) is 6.61 Å². The van der Waals surface area contributed by atoms with Gasteiger partial charge in [-0.2, -0.15) is 0 Å². The fourth-order valence-electron chi connectivity index (χ4n) is 2.05. The third-order valence-electron chi connectivity index (χ3n) is 3.28. The minimum absolute atomic E-state index is 0.167. The van der Waals surface area contributed by atoms with Gasteiger partial charge < -0.3 is 14.6 Å². The summed E-state index contributed by atoms with van der Waals surface area (Å²) in [5.74, 6) is -11.5. The molecule has 0 saturated heterocycles. The van der Waals surface area contributed by atoms with Crippen molar-refractivity contribution in [3.05, 3.63) is 58.4 Å². The molecule has 0 saturated carbocycles. The lowest BCUT2D eigenvalue weighted by molar-refractivity contribution is -0.121. The zero-order chi connectivity index (χ0) is 19.6. The summed E-state index contributed by atoms with van der Waals surface area (Å²) in [6.45, 7) is -0.875. The minimum atomic E-state index is -2.31. The normalized spacial score (nSPS) is 11.0. The molecule has 2 aromatic heterocycles. The first-order valence-electron chi connectivity index (χ1n) is 7.27. The monoisotopic (exact) mass is 404 g/mol. The number of aromatic nitrogens is 1. The van der Waals surface area contributed by atoms with Crippen LogP contribution >= 0.6 is 11.3 Å². The topological polar surface area (TPSA) is 64.4 Å². The highest BCUT2D eigenvalue weighted by Crippen LogP contribution is 2.27. The number of amides is 1. The van der Waals surface area contributed by atoms with Gasteiger partial charge in [0.1, 0.15) is 18.0 Å². The Labute approximate surface area is 152 Å². The molecule has 2 heterocycles. The van der Waals surface area contributed by atoms with Crippen molar-refractivity contribution < 1.29 is 36.0 Å². The van der Waals surface area contributed by atoms with Crippen molar-refractivity contribution in [1.29, 1.82) is 0 Å². The van der Waals surface area contributed by atoms with Gasteiger partial charge in [0.15, 0.2) is 29.0 Å². The third-order valence-corrected chi connectivity index (χ3v) is 4.16. The molecule has 11 heteroatoms. The maximum Gasteiger partial charge on any atom is 0.250 e. The van der Waals surface area contributed by atoms with Crippen LogP contribution in [0.15, 0.2) is 28.1 Å². The molecule has 0 bridgehead atoms. The highest BCUT2D eigenvalue weighted by Gasteiger charge is 2.26. The molecule has 1 N–H and O–H groups in total. The van der Waals surface area contributed by atoms with Crippen molar-refractivity contribution >= 4 is 22.9 Å². The Kier molecular flexibility index (Phi) is 5.51. The molecule has 27 heavy (non-hydrogen) atoms. The van der Waals surface area contributed by atoms with Crippen LogP contribution < -0.4 is 5.32 Å². The second kappa shape index (κ2) is 7.84. The average molecular weight is 404 g/mol. The van der Waals surface area contributed by atoms with Gasteiger partial charge in [0, 0.05) is 6.07 Å². The number of hydrogen-bond acceptors (Lipinski definition) is 5. The van der Waals surface area contributed by atoms with Gasteiger partial charge in [-0.3, -0.25) is 4.79 Å². The average Bonchev–Trinajstić information content (AvgIpc) is 3.33. The summed E-state index contributed by atoms with van der Waals surface area (Å²) in [7, 11) is 0. The Morgan fingerprint density at radius 1 is 1.11 bits per heavy atom. The van der Waals surface area contributed by atoms with Crippen LogP contribution in [0.4, 0.5) is 27.6 Å². The number of halogens is 5. The van der Waals surface area contributed by atoms with Crippen LogP contribution in [0.1, 0.15) is 5.69 Å². The smallest absolute Gasteiger partial charge is 0.250 e. The molecule has 142 valence electrons. The molecule has 1 aromatic carbocycles. The van der Waals surface area contributed by atoms with Gasteiger partial charge in [0.2, 0.25) is 5.82 Å². The zero-order valence-corrected chi connectivity index (χ0v) is 14.0. The Morgan fingerprint density at radius 2 is 1.78 bits per heavy atom. The van der Waals surface area contributed by atoms with E-state index in [9.17, 15) is 26.7 Å². The molecule has 5 nitrogen and oxygen atoms in total. The summed E-state index contributed by atoms with van der Waals surface area (Å²) >= 11 is 1.43.